The molecule has 5 heteroatoms. The number of likely N-dealkylation sites (tertiary alicyclic amines) is 1. The third-order valence-electron chi connectivity index (χ3n) is 5.94. The lowest BCUT2D eigenvalue weighted by Gasteiger charge is -2.31. The zero-order chi connectivity index (χ0) is 21.2. The van der Waals surface area contributed by atoms with Gasteiger partial charge in [0.05, 0.1) is 16.3 Å². The number of thiazole rings is 1. The predicted molar refractivity (Wildman–Crippen MR) is 129 cm³/mol. The molecule has 3 aromatic carbocycles. The first-order chi connectivity index (χ1) is 15.2. The van der Waals surface area contributed by atoms with Crippen molar-refractivity contribution in [3.05, 3.63) is 83.4 Å². The quantitative estimate of drug-likeness (QED) is 0.411. The van der Waals surface area contributed by atoms with Crippen LogP contribution in [0.4, 0.5) is 5.69 Å². The van der Waals surface area contributed by atoms with Gasteiger partial charge in [0.25, 0.3) is 0 Å². The number of rotatable bonds is 5. The fraction of sp³-hybridized carbons (Fsp3) is 0.269. The van der Waals surface area contributed by atoms with Crippen LogP contribution in [0.5, 0.6) is 0 Å². The first-order valence-corrected chi connectivity index (χ1v) is 11.6. The van der Waals surface area contributed by atoms with Crippen LogP contribution in [-0.4, -0.2) is 36.1 Å². The van der Waals surface area contributed by atoms with E-state index >= 15 is 0 Å². The summed E-state index contributed by atoms with van der Waals surface area (Å²) in [5, 5.41) is 1.02. The molecule has 1 aliphatic heterocycles. The van der Waals surface area contributed by atoms with Crippen molar-refractivity contribution in [1.82, 2.24) is 9.88 Å². The summed E-state index contributed by atoms with van der Waals surface area (Å²) in [6.45, 7) is 2.14. The number of hydrogen-bond donors (Lipinski definition) is 1. The van der Waals surface area contributed by atoms with E-state index < -0.39 is 0 Å². The Morgan fingerprint density at radius 2 is 1.71 bits per heavy atom. The van der Waals surface area contributed by atoms with E-state index in [0.29, 0.717) is 0 Å². The number of nitrogen functional groups attached to an aromatic ring is 1. The maximum absolute atomic E-state index is 6.75. The van der Waals surface area contributed by atoms with Crippen molar-refractivity contribution in [3.8, 4) is 11.1 Å². The van der Waals surface area contributed by atoms with Crippen LogP contribution in [0, 0.1) is 0 Å². The number of aromatic nitrogens is 1. The van der Waals surface area contributed by atoms with Crippen molar-refractivity contribution in [2.45, 2.75) is 25.0 Å². The fourth-order valence-corrected chi connectivity index (χ4v) is 5.23. The molecule has 4 aromatic rings. The number of anilines is 1. The number of hydrogen-bond acceptors (Lipinski definition) is 5. The molecule has 1 saturated heterocycles. The van der Waals surface area contributed by atoms with E-state index in [1.165, 1.54) is 4.70 Å². The van der Waals surface area contributed by atoms with Gasteiger partial charge in [0.1, 0.15) is 11.1 Å². The van der Waals surface area contributed by atoms with Gasteiger partial charge in [-0.2, -0.15) is 0 Å². The van der Waals surface area contributed by atoms with E-state index in [9.17, 15) is 0 Å². The molecule has 0 radical (unpaired) electrons. The fourth-order valence-electron chi connectivity index (χ4n) is 4.19. The number of nitrogens with zero attached hydrogens (tertiary/aromatic N) is 2. The van der Waals surface area contributed by atoms with Gasteiger partial charge < -0.3 is 15.4 Å². The van der Waals surface area contributed by atoms with Crippen molar-refractivity contribution in [2.75, 3.05) is 25.9 Å². The molecular formula is C26H27N3OS. The molecule has 0 saturated carbocycles. The summed E-state index contributed by atoms with van der Waals surface area (Å²) in [4.78, 5) is 7.32. The lowest BCUT2D eigenvalue weighted by molar-refractivity contribution is -0.0234. The van der Waals surface area contributed by atoms with E-state index in [-0.39, 0.29) is 12.2 Å². The first kappa shape index (κ1) is 20.2. The third kappa shape index (κ3) is 4.49. The molecule has 1 aromatic heterocycles. The number of para-hydroxylation sites is 1. The monoisotopic (exact) mass is 429 g/mol. The molecule has 31 heavy (non-hydrogen) atoms. The van der Waals surface area contributed by atoms with Gasteiger partial charge in [-0.25, -0.2) is 4.98 Å². The van der Waals surface area contributed by atoms with E-state index in [4.69, 9.17) is 15.5 Å². The van der Waals surface area contributed by atoms with Crippen molar-refractivity contribution < 1.29 is 4.74 Å². The van der Waals surface area contributed by atoms with Gasteiger partial charge in [0.15, 0.2) is 0 Å². The zero-order valence-corrected chi connectivity index (χ0v) is 18.5. The molecule has 158 valence electrons. The Bertz CT molecular complexity index is 1150. The van der Waals surface area contributed by atoms with Crippen LogP contribution in [0.1, 0.15) is 29.5 Å². The molecule has 5 rings (SSSR count). The van der Waals surface area contributed by atoms with Crippen LogP contribution in [0.15, 0.2) is 72.8 Å². The average molecular weight is 430 g/mol. The summed E-state index contributed by atoms with van der Waals surface area (Å²) in [5.74, 6) is 0. The molecule has 1 unspecified atom stereocenters. The summed E-state index contributed by atoms with van der Waals surface area (Å²) in [6, 6.07) is 25.0. The number of benzene rings is 3. The average Bonchev–Trinajstić information content (AvgIpc) is 3.23. The molecule has 0 bridgehead atoms. The Labute approximate surface area is 187 Å². The van der Waals surface area contributed by atoms with Crippen LogP contribution < -0.4 is 5.73 Å². The van der Waals surface area contributed by atoms with Gasteiger partial charge in [-0.1, -0.05) is 42.5 Å². The van der Waals surface area contributed by atoms with Crippen molar-refractivity contribution in [1.29, 1.82) is 0 Å². The Morgan fingerprint density at radius 1 is 0.968 bits per heavy atom. The standard InChI is InChI=1S/C26H27N3OS/c1-29-14-12-22(13-15-29)30-25(26-28-23-10-2-3-11-24(23)31-26)20-8-4-6-18(16-20)19-7-5-9-21(27)17-19/h2-11,16-17,22,25H,12-15,27H2,1H3. The number of fused-ring (bicyclic) bond motifs is 1. The minimum absolute atomic E-state index is 0.174. The molecule has 1 fully saturated rings. The normalized spacial score (nSPS) is 16.5. The minimum atomic E-state index is -0.174. The highest BCUT2D eigenvalue weighted by atomic mass is 32.1. The lowest BCUT2D eigenvalue weighted by atomic mass is 10.00. The van der Waals surface area contributed by atoms with Crippen molar-refractivity contribution >= 4 is 27.2 Å². The minimum Gasteiger partial charge on any atom is -0.399 e. The zero-order valence-electron chi connectivity index (χ0n) is 17.7. The van der Waals surface area contributed by atoms with Gasteiger partial charge in [0.2, 0.25) is 0 Å². The van der Waals surface area contributed by atoms with Crippen molar-refractivity contribution in [2.24, 2.45) is 0 Å². The molecule has 1 atom stereocenters. The van der Waals surface area contributed by atoms with Crippen LogP contribution in [0.25, 0.3) is 21.3 Å². The highest BCUT2D eigenvalue weighted by Crippen LogP contribution is 2.36. The summed E-state index contributed by atoms with van der Waals surface area (Å²) in [6.07, 6.45) is 2.16. The van der Waals surface area contributed by atoms with Gasteiger partial charge in [-0.15, -0.1) is 11.3 Å². The van der Waals surface area contributed by atoms with E-state index in [0.717, 1.165) is 58.8 Å². The van der Waals surface area contributed by atoms with E-state index in [1.807, 2.05) is 24.3 Å². The molecule has 0 aliphatic carbocycles. The van der Waals surface area contributed by atoms with Crippen LogP contribution in [0.3, 0.4) is 0 Å². The Kier molecular flexibility index (Phi) is 5.72. The molecule has 2 N–H and O–H groups in total. The van der Waals surface area contributed by atoms with Crippen LogP contribution in [-0.2, 0) is 4.74 Å². The lowest BCUT2D eigenvalue weighted by Crippen LogP contribution is -2.35. The SMILES string of the molecule is CN1CCC(OC(c2cccc(-c3cccc(N)c3)c2)c2nc3ccccc3s2)CC1. The summed E-state index contributed by atoms with van der Waals surface area (Å²) in [5.41, 5.74) is 11.2. The van der Waals surface area contributed by atoms with Crippen LogP contribution in [0.2, 0.25) is 0 Å². The summed E-state index contributed by atoms with van der Waals surface area (Å²) < 4.78 is 7.95. The summed E-state index contributed by atoms with van der Waals surface area (Å²) >= 11 is 1.73. The van der Waals surface area contributed by atoms with Gasteiger partial charge in [-0.05, 0) is 66.9 Å². The largest absolute Gasteiger partial charge is 0.399 e. The highest BCUT2D eigenvalue weighted by molar-refractivity contribution is 7.18. The second-order valence-electron chi connectivity index (χ2n) is 8.29. The molecule has 0 spiro atoms. The summed E-state index contributed by atoms with van der Waals surface area (Å²) in [7, 11) is 2.18. The highest BCUT2D eigenvalue weighted by Gasteiger charge is 2.26. The smallest absolute Gasteiger partial charge is 0.134 e. The van der Waals surface area contributed by atoms with E-state index in [2.05, 4.69) is 60.5 Å². The maximum Gasteiger partial charge on any atom is 0.134 e. The Morgan fingerprint density at radius 3 is 2.48 bits per heavy atom. The van der Waals surface area contributed by atoms with Crippen molar-refractivity contribution in [3.63, 3.8) is 0 Å². The van der Waals surface area contributed by atoms with Gasteiger partial charge in [0, 0.05) is 18.8 Å². The first-order valence-electron chi connectivity index (χ1n) is 10.8. The third-order valence-corrected chi connectivity index (χ3v) is 7.02. The Balaban J connectivity index is 1.52. The van der Waals surface area contributed by atoms with Crippen LogP contribution >= 0.6 is 11.3 Å². The van der Waals surface area contributed by atoms with E-state index in [1.54, 1.807) is 11.3 Å². The number of ether oxygens (including phenoxy) is 1. The second kappa shape index (κ2) is 8.79. The number of nitrogens with two attached hydrogens (primary N) is 1. The number of piperidine rings is 1. The molecule has 1 aliphatic rings. The maximum atomic E-state index is 6.75. The predicted octanol–water partition coefficient (Wildman–Crippen LogP) is 5.75. The van der Waals surface area contributed by atoms with Gasteiger partial charge >= 0.3 is 0 Å². The molecular weight excluding hydrogens is 402 g/mol. The second-order valence-corrected chi connectivity index (χ2v) is 9.35. The molecule has 0 amide bonds. The molecule has 4 nitrogen and oxygen atoms in total. The molecule has 2 heterocycles. The topological polar surface area (TPSA) is 51.4 Å². The Hall–Kier alpha value is -2.73. The van der Waals surface area contributed by atoms with Gasteiger partial charge in [-0.3, -0.25) is 0 Å².